The van der Waals surface area contributed by atoms with E-state index in [0.717, 1.165) is 102 Å². The molecule has 0 aromatic heterocycles. The van der Waals surface area contributed by atoms with Crippen LogP contribution in [0.25, 0.3) is 0 Å². The van der Waals surface area contributed by atoms with E-state index >= 15 is 0 Å². The van der Waals surface area contributed by atoms with E-state index in [1.165, 1.54) is 257 Å². The molecule has 0 saturated carbocycles. The topological polar surface area (TPSA) is 237 Å². The van der Waals surface area contributed by atoms with Crippen molar-refractivity contribution in [1.29, 1.82) is 0 Å². The molecule has 7 atom stereocenters. The zero-order chi connectivity index (χ0) is 74.9. The molecule has 0 saturated heterocycles. The van der Waals surface area contributed by atoms with Gasteiger partial charge in [0.2, 0.25) is 0 Å². The number of aliphatic hydroxyl groups excluding tert-OH is 1. The van der Waals surface area contributed by atoms with E-state index < -0.39 is 97.5 Å². The number of unbranched alkanes of at least 4 members (excludes halogenated alkanes) is 50. The fourth-order valence-electron chi connectivity index (χ4n) is 12.8. The molecule has 0 aliphatic heterocycles. The molecule has 0 aliphatic rings. The summed E-state index contributed by atoms with van der Waals surface area (Å²) in [7, 11) is -9.92. The summed E-state index contributed by atoms with van der Waals surface area (Å²) in [5.41, 5.74) is 0. The van der Waals surface area contributed by atoms with Gasteiger partial charge < -0.3 is 33.8 Å². The summed E-state index contributed by atoms with van der Waals surface area (Å²) in [6.07, 6.45) is 65.0. The van der Waals surface area contributed by atoms with Crippen LogP contribution >= 0.6 is 15.6 Å². The molecule has 0 rings (SSSR count). The van der Waals surface area contributed by atoms with Gasteiger partial charge in [0, 0.05) is 25.7 Å². The summed E-state index contributed by atoms with van der Waals surface area (Å²) in [6, 6.07) is 0. The second-order valence-electron chi connectivity index (χ2n) is 30.4. The Balaban J connectivity index is 5.24. The first-order valence-corrected chi connectivity index (χ1v) is 46.1. The third-order valence-electron chi connectivity index (χ3n) is 20.2. The van der Waals surface area contributed by atoms with Crippen molar-refractivity contribution in [2.45, 2.75) is 458 Å². The Morgan fingerprint density at radius 1 is 0.275 bits per heavy atom. The van der Waals surface area contributed by atoms with Gasteiger partial charge in [-0.05, 0) is 37.5 Å². The van der Waals surface area contributed by atoms with Crippen LogP contribution in [0.4, 0.5) is 0 Å². The maximum absolute atomic E-state index is 13.1. The summed E-state index contributed by atoms with van der Waals surface area (Å²) in [5, 5.41) is 10.7. The maximum atomic E-state index is 13.1. The number of esters is 4. The van der Waals surface area contributed by atoms with Crippen LogP contribution in [-0.2, 0) is 65.4 Å². The Labute approximate surface area is 626 Å². The highest BCUT2D eigenvalue weighted by Gasteiger charge is 2.30. The van der Waals surface area contributed by atoms with Crippen molar-refractivity contribution in [1.82, 2.24) is 0 Å². The first kappa shape index (κ1) is 100. The van der Waals surface area contributed by atoms with Crippen LogP contribution in [0.1, 0.15) is 440 Å². The molecule has 606 valence electrons. The molecule has 102 heavy (non-hydrogen) atoms. The van der Waals surface area contributed by atoms with E-state index in [2.05, 4.69) is 41.5 Å². The van der Waals surface area contributed by atoms with E-state index in [-0.39, 0.29) is 25.7 Å². The smallest absolute Gasteiger partial charge is 0.462 e. The normalized spacial score (nSPS) is 14.4. The van der Waals surface area contributed by atoms with E-state index in [9.17, 15) is 43.2 Å². The molecule has 3 N–H and O–H groups in total. The monoisotopic (exact) mass is 1490 g/mol. The van der Waals surface area contributed by atoms with Gasteiger partial charge in [0.05, 0.1) is 26.4 Å². The van der Waals surface area contributed by atoms with E-state index in [1.54, 1.807) is 0 Å². The molecular formula is C83H162O17P2. The third kappa shape index (κ3) is 73.6. The van der Waals surface area contributed by atoms with Gasteiger partial charge in [-0.25, -0.2) is 9.13 Å². The van der Waals surface area contributed by atoms with Gasteiger partial charge in [0.15, 0.2) is 12.2 Å². The van der Waals surface area contributed by atoms with Crippen molar-refractivity contribution in [2.75, 3.05) is 39.6 Å². The Kier molecular flexibility index (Phi) is 73.1. The number of carbonyl (C=O) groups excluding carboxylic acids is 4. The SMILES string of the molecule is CCCCCCCCCCCCCCCCCCC(=O)O[C@H](COC(=O)CCCCCCCCCCCC)COP(=O)(O)OC[C@H](O)COP(=O)(O)OC[C@@H](COC(=O)CCCCCCCCCCCCCCCCC(C)CC)OC(=O)CCCCCCCCCCCCCCCCC(C)CC. The molecule has 0 aliphatic carbocycles. The van der Waals surface area contributed by atoms with E-state index in [0.29, 0.717) is 25.7 Å². The van der Waals surface area contributed by atoms with Gasteiger partial charge >= 0.3 is 39.5 Å². The fourth-order valence-corrected chi connectivity index (χ4v) is 14.4. The Morgan fingerprint density at radius 2 is 0.471 bits per heavy atom. The lowest BCUT2D eigenvalue weighted by atomic mass is 9.99. The van der Waals surface area contributed by atoms with Gasteiger partial charge in [0.25, 0.3) is 0 Å². The van der Waals surface area contributed by atoms with Crippen LogP contribution in [0.5, 0.6) is 0 Å². The minimum atomic E-state index is -4.96. The second kappa shape index (κ2) is 74.5. The summed E-state index contributed by atoms with van der Waals surface area (Å²) >= 11 is 0. The molecule has 19 heteroatoms. The quantitative estimate of drug-likeness (QED) is 0.0222. The van der Waals surface area contributed by atoms with Crippen LogP contribution in [0.2, 0.25) is 0 Å². The largest absolute Gasteiger partial charge is 0.472 e. The van der Waals surface area contributed by atoms with Gasteiger partial charge in [0.1, 0.15) is 19.3 Å². The van der Waals surface area contributed by atoms with Crippen LogP contribution in [0, 0.1) is 11.8 Å². The van der Waals surface area contributed by atoms with Crippen molar-refractivity contribution in [3.8, 4) is 0 Å². The molecule has 0 fully saturated rings. The number of phosphoric ester groups is 2. The summed E-state index contributed by atoms with van der Waals surface area (Å²) in [6.45, 7) is 9.76. The predicted octanol–water partition coefficient (Wildman–Crippen LogP) is 25.1. The number of hydrogen-bond acceptors (Lipinski definition) is 15. The zero-order valence-corrected chi connectivity index (χ0v) is 68.7. The lowest BCUT2D eigenvalue weighted by Crippen LogP contribution is -2.30. The van der Waals surface area contributed by atoms with Crippen LogP contribution in [0.3, 0.4) is 0 Å². The first-order chi connectivity index (χ1) is 49.4. The van der Waals surface area contributed by atoms with E-state index in [4.69, 9.17) is 37.0 Å². The molecule has 0 aromatic rings. The van der Waals surface area contributed by atoms with Crippen molar-refractivity contribution in [2.24, 2.45) is 11.8 Å². The number of hydrogen-bond donors (Lipinski definition) is 3. The molecule has 0 bridgehead atoms. The van der Waals surface area contributed by atoms with Crippen molar-refractivity contribution >= 4 is 39.5 Å². The van der Waals surface area contributed by atoms with Crippen LogP contribution in [-0.4, -0.2) is 96.7 Å². The number of rotatable bonds is 82. The van der Waals surface area contributed by atoms with E-state index in [1.807, 2.05) is 0 Å². The zero-order valence-electron chi connectivity index (χ0n) is 66.9. The molecule has 0 heterocycles. The number of aliphatic hydroxyl groups is 1. The molecule has 0 aromatic carbocycles. The Morgan fingerprint density at radius 3 is 0.696 bits per heavy atom. The van der Waals surface area contributed by atoms with Crippen molar-refractivity contribution in [3.63, 3.8) is 0 Å². The average molecular weight is 1490 g/mol. The highest BCUT2D eigenvalue weighted by atomic mass is 31.2. The summed E-state index contributed by atoms with van der Waals surface area (Å²) in [4.78, 5) is 73.1. The minimum absolute atomic E-state index is 0.108. The van der Waals surface area contributed by atoms with Crippen molar-refractivity contribution < 1.29 is 80.2 Å². The van der Waals surface area contributed by atoms with Crippen LogP contribution in [0.15, 0.2) is 0 Å². The lowest BCUT2D eigenvalue weighted by molar-refractivity contribution is -0.161. The predicted molar refractivity (Wildman–Crippen MR) is 418 cm³/mol. The molecule has 17 nitrogen and oxygen atoms in total. The third-order valence-corrected chi connectivity index (χ3v) is 22.1. The first-order valence-electron chi connectivity index (χ1n) is 43.1. The molecule has 0 spiro atoms. The highest BCUT2D eigenvalue weighted by Crippen LogP contribution is 2.45. The average Bonchev–Trinajstić information content (AvgIpc) is 0.914. The number of carbonyl (C=O) groups is 4. The number of ether oxygens (including phenoxy) is 4. The molecule has 0 amide bonds. The van der Waals surface area contributed by atoms with Gasteiger partial charge in [-0.3, -0.25) is 37.3 Å². The van der Waals surface area contributed by atoms with Crippen molar-refractivity contribution in [3.05, 3.63) is 0 Å². The maximum Gasteiger partial charge on any atom is 0.472 e. The standard InChI is InChI=1S/C83H162O17P2/c1-7-11-13-15-17-19-21-22-23-24-32-37-43-49-55-61-67-82(87)99-78(71-93-80(85)65-59-53-47-41-20-18-16-14-12-8-2)73-97-101(89,90)95-69-77(84)70-96-102(91,92)98-74-79(100-83(88)68-62-56-50-44-38-33-28-26-30-35-40-46-52-58-64-76(6)10-4)72-94-81(86)66-60-54-48-42-36-31-27-25-29-34-39-45-51-57-63-75(5)9-3/h75-79,84H,7-74H2,1-6H3,(H,89,90)(H,91,92)/t75?,76?,77-,78+,79+/m0/s1. The Bertz CT molecular complexity index is 1960. The minimum Gasteiger partial charge on any atom is -0.462 e. The highest BCUT2D eigenvalue weighted by molar-refractivity contribution is 7.47. The van der Waals surface area contributed by atoms with Gasteiger partial charge in [-0.15, -0.1) is 0 Å². The van der Waals surface area contributed by atoms with Gasteiger partial charge in [-0.1, -0.05) is 388 Å². The lowest BCUT2D eigenvalue weighted by Gasteiger charge is -2.21. The summed E-state index contributed by atoms with van der Waals surface area (Å²) in [5.74, 6) is -0.408. The molecule has 0 radical (unpaired) electrons. The molecule has 4 unspecified atom stereocenters. The Hall–Kier alpha value is -1.94. The summed E-state index contributed by atoms with van der Waals surface area (Å²) < 4.78 is 68.8. The number of phosphoric acid groups is 2. The second-order valence-corrected chi connectivity index (χ2v) is 33.3. The molecular weight excluding hydrogens is 1330 g/mol. The van der Waals surface area contributed by atoms with Crippen LogP contribution < -0.4 is 0 Å². The fraction of sp³-hybridized carbons (Fsp3) is 0.952. The van der Waals surface area contributed by atoms with Gasteiger partial charge in [-0.2, -0.15) is 0 Å².